The van der Waals surface area contributed by atoms with Gasteiger partial charge in [-0.05, 0) is 0 Å². The minimum Gasteiger partial charge on any atom is -0.480 e. The lowest BCUT2D eigenvalue weighted by atomic mass is 10.4. The van der Waals surface area contributed by atoms with Crippen LogP contribution in [-0.4, -0.2) is 28.2 Å². The molecule has 0 bridgehead atoms. The Hall–Kier alpha value is -0.420. The molecule has 0 aliphatic rings. The number of halogens is 1. The van der Waals surface area contributed by atoms with Gasteiger partial charge in [-0.25, -0.2) is 0 Å². The molecule has 6 heteroatoms. The Balaban J connectivity index is 3.70. The number of nitrogens with two attached hydrogens (primary N) is 1. The first-order chi connectivity index (χ1) is 4.54. The van der Waals surface area contributed by atoms with Crippen LogP contribution in [0.4, 0.5) is 0 Å². The maximum absolute atomic E-state index is 10.0. The Bertz CT molecular complexity index is 157. The predicted molar refractivity (Wildman–Crippen MR) is 42.8 cm³/mol. The fraction of sp³-hybridized carbons (Fsp3) is 0.500. The van der Waals surface area contributed by atoms with Gasteiger partial charge in [0.1, 0.15) is 0 Å². The summed E-state index contributed by atoms with van der Waals surface area (Å²) in [5.41, 5.74) is 5.00. The van der Waals surface area contributed by atoms with E-state index in [-0.39, 0.29) is 11.7 Å². The molecule has 0 aromatic heterocycles. The van der Waals surface area contributed by atoms with Crippen LogP contribution in [0.5, 0.6) is 0 Å². The SMILES string of the molecule is NC(S)=NC[C@H](Cl)C(=O)O. The van der Waals surface area contributed by atoms with E-state index in [9.17, 15) is 4.79 Å². The second kappa shape index (κ2) is 4.40. The van der Waals surface area contributed by atoms with Crippen molar-refractivity contribution in [3.05, 3.63) is 0 Å². The zero-order valence-electron chi connectivity index (χ0n) is 4.99. The van der Waals surface area contributed by atoms with Gasteiger partial charge in [0.2, 0.25) is 0 Å². The molecule has 0 saturated heterocycles. The van der Waals surface area contributed by atoms with Gasteiger partial charge in [-0.15, -0.1) is 24.2 Å². The number of hydrogen-bond acceptors (Lipinski definition) is 2. The van der Waals surface area contributed by atoms with Crippen molar-refractivity contribution in [3.63, 3.8) is 0 Å². The molecule has 0 heterocycles. The van der Waals surface area contributed by atoms with E-state index in [1.807, 2.05) is 0 Å². The maximum atomic E-state index is 10.0. The minimum atomic E-state index is -1.11. The van der Waals surface area contributed by atoms with E-state index in [0.29, 0.717) is 0 Å². The Labute approximate surface area is 68.5 Å². The Morgan fingerprint density at radius 3 is 2.70 bits per heavy atom. The summed E-state index contributed by atoms with van der Waals surface area (Å²) >= 11 is 8.88. The number of aliphatic carboxylic acids is 1. The van der Waals surface area contributed by atoms with Crippen LogP contribution >= 0.6 is 24.2 Å². The van der Waals surface area contributed by atoms with Crippen molar-refractivity contribution in [2.45, 2.75) is 5.38 Å². The van der Waals surface area contributed by atoms with Crippen LogP contribution < -0.4 is 5.73 Å². The monoisotopic (exact) mass is 182 g/mol. The molecule has 0 aromatic carbocycles. The third-order valence-electron chi connectivity index (χ3n) is 0.682. The molecule has 0 unspecified atom stereocenters. The van der Waals surface area contributed by atoms with E-state index >= 15 is 0 Å². The van der Waals surface area contributed by atoms with Gasteiger partial charge in [0, 0.05) is 0 Å². The molecule has 1 atom stereocenters. The first kappa shape index (κ1) is 9.58. The highest BCUT2D eigenvalue weighted by Crippen LogP contribution is 1.96. The van der Waals surface area contributed by atoms with Crippen molar-refractivity contribution in [2.24, 2.45) is 10.7 Å². The third-order valence-corrected chi connectivity index (χ3v) is 1.15. The summed E-state index contributed by atoms with van der Waals surface area (Å²) < 4.78 is 0. The number of aliphatic imine (C=N–C) groups is 1. The topological polar surface area (TPSA) is 75.7 Å². The number of rotatable bonds is 3. The van der Waals surface area contributed by atoms with E-state index < -0.39 is 11.3 Å². The third kappa shape index (κ3) is 4.46. The number of carbonyl (C=O) groups is 1. The smallest absolute Gasteiger partial charge is 0.323 e. The van der Waals surface area contributed by atoms with Crippen molar-refractivity contribution in [2.75, 3.05) is 6.54 Å². The molecule has 3 N–H and O–H groups in total. The average Bonchev–Trinajstić information content (AvgIpc) is 1.82. The lowest BCUT2D eigenvalue weighted by Gasteiger charge is -1.97. The number of nitrogens with zero attached hydrogens (tertiary/aromatic N) is 1. The average molecular weight is 183 g/mol. The summed E-state index contributed by atoms with van der Waals surface area (Å²) in [6.45, 7) is -0.0494. The molecule has 0 saturated carbocycles. The van der Waals surface area contributed by atoms with Gasteiger partial charge < -0.3 is 10.8 Å². The second-order valence-corrected chi connectivity index (χ2v) is 2.49. The van der Waals surface area contributed by atoms with Crippen molar-refractivity contribution >= 4 is 35.4 Å². The molecule has 0 aliphatic heterocycles. The Morgan fingerprint density at radius 2 is 2.40 bits per heavy atom. The molecule has 0 aromatic rings. The van der Waals surface area contributed by atoms with E-state index in [1.165, 1.54) is 0 Å². The predicted octanol–water partition coefficient (Wildman–Crippen LogP) is -0.0771. The highest BCUT2D eigenvalue weighted by molar-refractivity contribution is 7.96. The molecule has 0 rings (SSSR count). The van der Waals surface area contributed by atoms with Gasteiger partial charge >= 0.3 is 5.97 Å². The highest BCUT2D eigenvalue weighted by Gasteiger charge is 2.11. The van der Waals surface area contributed by atoms with E-state index in [0.717, 1.165) is 0 Å². The summed E-state index contributed by atoms with van der Waals surface area (Å²) in [5.74, 6) is -1.11. The lowest BCUT2D eigenvalue weighted by molar-refractivity contribution is -0.136. The second-order valence-electron chi connectivity index (χ2n) is 1.50. The number of alkyl halides is 1. The van der Waals surface area contributed by atoms with Crippen molar-refractivity contribution < 1.29 is 9.90 Å². The minimum absolute atomic E-state index is 0.0342. The van der Waals surface area contributed by atoms with E-state index in [2.05, 4.69) is 17.6 Å². The molecular formula is C4H7ClN2O2S. The molecule has 0 amide bonds. The van der Waals surface area contributed by atoms with Gasteiger partial charge in [0.05, 0.1) is 6.54 Å². The van der Waals surface area contributed by atoms with Gasteiger partial charge in [0.15, 0.2) is 10.5 Å². The number of carboxylic acid groups (broad SMARTS) is 1. The van der Waals surface area contributed by atoms with Crippen LogP contribution in [0.1, 0.15) is 0 Å². The first-order valence-electron chi connectivity index (χ1n) is 2.39. The largest absolute Gasteiger partial charge is 0.480 e. The van der Waals surface area contributed by atoms with Crippen molar-refractivity contribution in [1.29, 1.82) is 0 Å². The number of hydrogen-bond donors (Lipinski definition) is 3. The van der Waals surface area contributed by atoms with E-state index in [1.54, 1.807) is 0 Å². The molecule has 0 spiro atoms. The quantitative estimate of drug-likeness (QED) is 0.247. The van der Waals surface area contributed by atoms with Gasteiger partial charge in [0.25, 0.3) is 0 Å². The Kier molecular flexibility index (Phi) is 4.22. The number of amidine groups is 1. The first-order valence-corrected chi connectivity index (χ1v) is 3.28. The van der Waals surface area contributed by atoms with Gasteiger partial charge in [-0.3, -0.25) is 9.79 Å². The van der Waals surface area contributed by atoms with E-state index in [4.69, 9.17) is 22.4 Å². The van der Waals surface area contributed by atoms with Crippen LogP contribution in [0.25, 0.3) is 0 Å². The van der Waals surface area contributed by atoms with Crippen LogP contribution in [0, 0.1) is 0 Å². The maximum Gasteiger partial charge on any atom is 0.323 e. The fourth-order valence-electron chi connectivity index (χ4n) is 0.252. The standard InChI is InChI=1S/C4H7ClN2O2S/c5-2(3(8)9)1-7-4(6)10/h2H,1H2,(H,8,9)(H3,6,7,10)/t2-/m0/s1. The van der Waals surface area contributed by atoms with Crippen LogP contribution in [0.15, 0.2) is 4.99 Å². The molecule has 58 valence electrons. The van der Waals surface area contributed by atoms with Crippen molar-refractivity contribution in [3.8, 4) is 0 Å². The van der Waals surface area contributed by atoms with Crippen LogP contribution in [0.3, 0.4) is 0 Å². The summed E-state index contributed by atoms with van der Waals surface area (Å²) in [5, 5.41) is 7.24. The van der Waals surface area contributed by atoms with Crippen LogP contribution in [-0.2, 0) is 4.79 Å². The van der Waals surface area contributed by atoms with Crippen molar-refractivity contribution in [1.82, 2.24) is 0 Å². The summed E-state index contributed by atoms with van der Waals surface area (Å²) in [6.07, 6.45) is 0. The van der Waals surface area contributed by atoms with Gasteiger partial charge in [-0.1, -0.05) is 0 Å². The summed E-state index contributed by atoms with van der Waals surface area (Å²) in [4.78, 5) is 13.5. The summed E-state index contributed by atoms with van der Waals surface area (Å²) in [7, 11) is 0. The van der Waals surface area contributed by atoms with Crippen LogP contribution in [0.2, 0.25) is 0 Å². The molecule has 0 radical (unpaired) electrons. The molecule has 4 nitrogen and oxygen atoms in total. The Morgan fingerprint density at radius 1 is 1.90 bits per heavy atom. The normalized spacial score (nSPS) is 14.8. The number of thiol groups is 1. The molecule has 0 aliphatic carbocycles. The molecular weight excluding hydrogens is 176 g/mol. The highest BCUT2D eigenvalue weighted by atomic mass is 35.5. The summed E-state index contributed by atoms with van der Waals surface area (Å²) in [6, 6.07) is 0. The zero-order valence-corrected chi connectivity index (χ0v) is 6.64. The number of carboxylic acids is 1. The fourth-order valence-corrected chi connectivity index (χ4v) is 0.402. The lowest BCUT2D eigenvalue weighted by Crippen LogP contribution is -2.18. The molecule has 0 fully saturated rings. The zero-order chi connectivity index (χ0) is 8.15. The van der Waals surface area contributed by atoms with Gasteiger partial charge in [-0.2, -0.15) is 0 Å². The molecule has 10 heavy (non-hydrogen) atoms.